The van der Waals surface area contributed by atoms with Crippen molar-refractivity contribution in [2.24, 2.45) is 0 Å². The van der Waals surface area contributed by atoms with Crippen LogP contribution in [-0.4, -0.2) is 42.4 Å². The highest BCUT2D eigenvalue weighted by Crippen LogP contribution is 2.39. The zero-order valence-electron chi connectivity index (χ0n) is 12.5. The summed E-state index contributed by atoms with van der Waals surface area (Å²) in [5, 5.41) is 0. The van der Waals surface area contributed by atoms with Gasteiger partial charge in [0.1, 0.15) is 0 Å². The van der Waals surface area contributed by atoms with E-state index < -0.39 is 0 Å². The summed E-state index contributed by atoms with van der Waals surface area (Å²) in [5.74, 6) is 1.49. The minimum absolute atomic E-state index is 0.125. The quantitative estimate of drug-likeness (QED) is 0.754. The Labute approximate surface area is 125 Å². The van der Waals surface area contributed by atoms with E-state index in [1.165, 1.54) is 10.5 Å². The number of benzene rings is 1. The molecule has 0 saturated carbocycles. The Kier molecular flexibility index (Phi) is 5.49. The molecule has 0 amide bonds. The lowest BCUT2D eigenvalue weighted by Gasteiger charge is -2.28. The predicted octanol–water partition coefficient (Wildman–Crippen LogP) is 3.15. The van der Waals surface area contributed by atoms with Gasteiger partial charge in [0.25, 0.3) is 0 Å². The molecule has 0 aromatic heterocycles. The molecule has 0 saturated heterocycles. The molecule has 0 radical (unpaired) electrons. The smallest absolute Gasteiger partial charge is 0.320 e. The second-order valence-electron chi connectivity index (χ2n) is 5.37. The maximum Gasteiger partial charge on any atom is 0.320 e. The van der Waals surface area contributed by atoms with Crippen LogP contribution in [0.3, 0.4) is 0 Å². The molecule has 1 aromatic rings. The molecular formula is C16H23NO2S. The zero-order chi connectivity index (χ0) is 14.5. The van der Waals surface area contributed by atoms with Crippen LogP contribution in [0, 0.1) is 0 Å². The summed E-state index contributed by atoms with van der Waals surface area (Å²) in [4.78, 5) is 15.3. The molecule has 0 aliphatic carbocycles. The van der Waals surface area contributed by atoms with Gasteiger partial charge in [0.2, 0.25) is 0 Å². The van der Waals surface area contributed by atoms with E-state index in [0.29, 0.717) is 25.1 Å². The number of nitrogens with zero attached hydrogens (tertiary/aromatic N) is 1. The van der Waals surface area contributed by atoms with Crippen molar-refractivity contribution in [3.8, 4) is 0 Å². The summed E-state index contributed by atoms with van der Waals surface area (Å²) in [5.41, 5.74) is 1.42. The average molecular weight is 293 g/mol. The van der Waals surface area contributed by atoms with Crippen LogP contribution in [-0.2, 0) is 9.53 Å². The van der Waals surface area contributed by atoms with Gasteiger partial charge in [-0.3, -0.25) is 9.69 Å². The fourth-order valence-electron chi connectivity index (χ4n) is 2.49. The number of carbonyl (C=O) groups excluding carboxylic acids is 1. The first-order valence-electron chi connectivity index (χ1n) is 7.23. The van der Waals surface area contributed by atoms with Gasteiger partial charge >= 0.3 is 5.97 Å². The van der Waals surface area contributed by atoms with E-state index >= 15 is 0 Å². The third-order valence-electron chi connectivity index (χ3n) is 3.62. The second kappa shape index (κ2) is 7.14. The Morgan fingerprint density at radius 3 is 2.90 bits per heavy atom. The summed E-state index contributed by atoms with van der Waals surface area (Å²) in [6.07, 6.45) is 0. The Morgan fingerprint density at radius 2 is 2.20 bits per heavy atom. The van der Waals surface area contributed by atoms with Crippen molar-refractivity contribution in [1.82, 2.24) is 4.90 Å². The van der Waals surface area contributed by atoms with Gasteiger partial charge in [0, 0.05) is 29.2 Å². The van der Waals surface area contributed by atoms with Gasteiger partial charge < -0.3 is 4.74 Å². The molecule has 1 heterocycles. The molecule has 20 heavy (non-hydrogen) atoms. The number of ether oxygens (including phenoxy) is 1. The monoisotopic (exact) mass is 293 g/mol. The number of rotatable bonds is 6. The summed E-state index contributed by atoms with van der Waals surface area (Å²) < 4.78 is 5.07. The molecule has 0 bridgehead atoms. The molecule has 110 valence electrons. The van der Waals surface area contributed by atoms with Crippen LogP contribution in [0.25, 0.3) is 0 Å². The van der Waals surface area contributed by atoms with Crippen molar-refractivity contribution >= 4 is 17.7 Å². The van der Waals surface area contributed by atoms with E-state index in [0.717, 1.165) is 12.3 Å². The first kappa shape index (κ1) is 15.4. The van der Waals surface area contributed by atoms with Crippen LogP contribution >= 0.6 is 11.8 Å². The molecule has 4 heteroatoms. The first-order chi connectivity index (χ1) is 9.61. The molecule has 2 rings (SSSR count). The lowest BCUT2D eigenvalue weighted by atomic mass is 10.0. The molecule has 3 nitrogen and oxygen atoms in total. The minimum Gasteiger partial charge on any atom is -0.465 e. The lowest BCUT2D eigenvalue weighted by molar-refractivity contribution is -0.144. The van der Waals surface area contributed by atoms with Crippen LogP contribution in [0.1, 0.15) is 32.3 Å². The highest BCUT2D eigenvalue weighted by molar-refractivity contribution is 7.99. The summed E-state index contributed by atoms with van der Waals surface area (Å²) >= 11 is 1.92. The van der Waals surface area contributed by atoms with Crippen LogP contribution in [0.4, 0.5) is 0 Å². The van der Waals surface area contributed by atoms with Crippen LogP contribution in [0.15, 0.2) is 29.2 Å². The van der Waals surface area contributed by atoms with Gasteiger partial charge in [-0.2, -0.15) is 0 Å². The summed E-state index contributed by atoms with van der Waals surface area (Å²) in [6.45, 7) is 7.87. The molecule has 1 aliphatic heterocycles. The Hall–Kier alpha value is -1.00. The number of hydrogen-bond donors (Lipinski definition) is 0. The normalized spacial score (nSPS) is 17.6. The van der Waals surface area contributed by atoms with Crippen molar-refractivity contribution in [1.29, 1.82) is 0 Å². The highest BCUT2D eigenvalue weighted by atomic mass is 32.2. The van der Waals surface area contributed by atoms with Gasteiger partial charge in [0.15, 0.2) is 0 Å². The second-order valence-corrected chi connectivity index (χ2v) is 6.44. The van der Waals surface area contributed by atoms with Crippen LogP contribution < -0.4 is 0 Å². The molecule has 1 atom stereocenters. The fraction of sp³-hybridized carbons (Fsp3) is 0.562. The molecule has 0 fully saturated rings. The Morgan fingerprint density at radius 1 is 1.45 bits per heavy atom. The predicted molar refractivity (Wildman–Crippen MR) is 83.2 cm³/mol. The Balaban J connectivity index is 2.01. The number of esters is 1. The number of hydrogen-bond acceptors (Lipinski definition) is 4. The summed E-state index contributed by atoms with van der Waals surface area (Å²) in [6, 6.07) is 8.93. The van der Waals surface area contributed by atoms with E-state index in [1.54, 1.807) is 0 Å². The average Bonchev–Trinajstić information content (AvgIpc) is 2.82. The van der Waals surface area contributed by atoms with E-state index in [9.17, 15) is 4.79 Å². The van der Waals surface area contributed by atoms with Gasteiger partial charge in [-0.05, 0) is 32.4 Å². The van der Waals surface area contributed by atoms with Gasteiger partial charge in [-0.15, -0.1) is 11.8 Å². The SMILES string of the molecule is CCOC(=O)CN(CC1CSc2ccccc21)C(C)C. The van der Waals surface area contributed by atoms with Gasteiger partial charge in [-0.25, -0.2) is 0 Å². The van der Waals surface area contributed by atoms with E-state index in [1.807, 2.05) is 18.7 Å². The lowest BCUT2D eigenvalue weighted by Crippen LogP contribution is -2.39. The van der Waals surface area contributed by atoms with E-state index in [4.69, 9.17) is 4.74 Å². The third kappa shape index (κ3) is 3.76. The fourth-order valence-corrected chi connectivity index (χ4v) is 3.74. The molecule has 1 unspecified atom stereocenters. The maximum atomic E-state index is 11.7. The highest BCUT2D eigenvalue weighted by Gasteiger charge is 2.26. The van der Waals surface area contributed by atoms with Crippen molar-refractivity contribution in [3.63, 3.8) is 0 Å². The maximum absolute atomic E-state index is 11.7. The third-order valence-corrected chi connectivity index (χ3v) is 4.87. The van der Waals surface area contributed by atoms with Crippen molar-refractivity contribution in [2.45, 2.75) is 37.6 Å². The minimum atomic E-state index is -0.125. The first-order valence-corrected chi connectivity index (χ1v) is 8.21. The Bertz CT molecular complexity index is 462. The largest absolute Gasteiger partial charge is 0.465 e. The zero-order valence-corrected chi connectivity index (χ0v) is 13.3. The van der Waals surface area contributed by atoms with Gasteiger partial charge in [-0.1, -0.05) is 18.2 Å². The van der Waals surface area contributed by atoms with Crippen molar-refractivity contribution in [2.75, 3.05) is 25.4 Å². The molecular weight excluding hydrogens is 270 g/mol. The molecule has 0 N–H and O–H groups in total. The van der Waals surface area contributed by atoms with Crippen molar-refractivity contribution in [3.05, 3.63) is 29.8 Å². The summed E-state index contributed by atoms with van der Waals surface area (Å²) in [7, 11) is 0. The topological polar surface area (TPSA) is 29.5 Å². The number of thioether (sulfide) groups is 1. The van der Waals surface area contributed by atoms with Crippen LogP contribution in [0.5, 0.6) is 0 Å². The molecule has 0 spiro atoms. The number of fused-ring (bicyclic) bond motifs is 1. The number of carbonyl (C=O) groups is 1. The van der Waals surface area contributed by atoms with Crippen LogP contribution in [0.2, 0.25) is 0 Å². The molecule has 1 aliphatic rings. The van der Waals surface area contributed by atoms with E-state index in [-0.39, 0.29) is 5.97 Å². The van der Waals surface area contributed by atoms with Crippen molar-refractivity contribution < 1.29 is 9.53 Å². The standard InChI is InChI=1S/C16H23NO2S/c1-4-19-16(18)10-17(12(2)3)9-13-11-20-15-8-6-5-7-14(13)15/h5-8,12-13H,4,9-11H2,1-3H3. The molecule has 1 aromatic carbocycles. The van der Waals surface area contributed by atoms with E-state index in [2.05, 4.69) is 43.0 Å². The van der Waals surface area contributed by atoms with Gasteiger partial charge in [0.05, 0.1) is 13.2 Å².